The van der Waals surface area contributed by atoms with Gasteiger partial charge in [-0.3, -0.25) is 14.4 Å². The molecule has 11 nitrogen and oxygen atoms in total. The molecule has 0 aromatic rings. The normalized spacial score (nSPS) is 16.8. The van der Waals surface area contributed by atoms with Gasteiger partial charge in [-0.2, -0.15) is 0 Å². The lowest BCUT2D eigenvalue weighted by Gasteiger charge is -2.26. The van der Waals surface area contributed by atoms with Gasteiger partial charge in [0.25, 0.3) is 0 Å². The molecule has 150 valence electrons. The van der Waals surface area contributed by atoms with Crippen LogP contribution < -0.4 is 21.7 Å². The van der Waals surface area contributed by atoms with E-state index in [1.807, 2.05) is 0 Å². The number of hydrogen-bond donors (Lipinski definition) is 7. The second-order valence-electron chi connectivity index (χ2n) is 6.33. The number of aliphatic hydroxyl groups excluding tert-OH is 2. The summed E-state index contributed by atoms with van der Waals surface area (Å²) >= 11 is 0. The van der Waals surface area contributed by atoms with E-state index in [4.69, 9.17) is 10.8 Å². The van der Waals surface area contributed by atoms with Gasteiger partial charge in [0, 0.05) is 0 Å². The maximum atomic E-state index is 12.3. The molecule has 5 atom stereocenters. The Morgan fingerprint density at radius 1 is 0.885 bits per heavy atom. The highest BCUT2D eigenvalue weighted by atomic mass is 16.4. The fourth-order valence-corrected chi connectivity index (χ4v) is 1.91. The molecule has 0 aliphatic rings. The molecular weight excluding hydrogens is 348 g/mol. The zero-order chi connectivity index (χ0) is 20.6. The predicted molar refractivity (Wildman–Crippen MR) is 90.7 cm³/mol. The van der Waals surface area contributed by atoms with Gasteiger partial charge in [-0.25, -0.2) is 4.79 Å². The molecule has 11 heteroatoms. The van der Waals surface area contributed by atoms with E-state index in [0.717, 1.165) is 0 Å². The maximum Gasteiger partial charge on any atom is 0.326 e. The summed E-state index contributed by atoms with van der Waals surface area (Å²) in [6.07, 6.45) is -1.36. The summed E-state index contributed by atoms with van der Waals surface area (Å²) in [6.45, 7) is 5.01. The Morgan fingerprint density at radius 2 is 1.38 bits per heavy atom. The van der Waals surface area contributed by atoms with Crippen LogP contribution >= 0.6 is 0 Å². The maximum absolute atomic E-state index is 12.3. The van der Waals surface area contributed by atoms with Gasteiger partial charge in [0.1, 0.15) is 18.1 Å². The summed E-state index contributed by atoms with van der Waals surface area (Å²) in [5.74, 6) is -4.23. The van der Waals surface area contributed by atoms with E-state index in [1.54, 1.807) is 13.8 Å². The first-order chi connectivity index (χ1) is 11.9. The third-order valence-corrected chi connectivity index (χ3v) is 3.52. The molecule has 0 rings (SSSR count). The van der Waals surface area contributed by atoms with Crippen LogP contribution in [0.2, 0.25) is 0 Å². The molecule has 0 aromatic heterocycles. The molecule has 0 aliphatic heterocycles. The number of carboxylic acids is 1. The van der Waals surface area contributed by atoms with Crippen LogP contribution in [0.4, 0.5) is 0 Å². The van der Waals surface area contributed by atoms with Gasteiger partial charge < -0.3 is 37.0 Å². The van der Waals surface area contributed by atoms with Crippen molar-refractivity contribution in [3.05, 3.63) is 0 Å². The molecule has 0 saturated heterocycles. The monoisotopic (exact) mass is 376 g/mol. The smallest absolute Gasteiger partial charge is 0.326 e. The number of carbonyl (C=O) groups excluding carboxylic acids is 3. The van der Waals surface area contributed by atoms with E-state index in [1.165, 1.54) is 13.8 Å². The average Bonchev–Trinajstić information content (AvgIpc) is 2.53. The number of nitrogens with one attached hydrogen (secondary N) is 3. The third-order valence-electron chi connectivity index (χ3n) is 3.52. The fraction of sp³-hybridized carbons (Fsp3) is 0.733. The van der Waals surface area contributed by atoms with Crippen LogP contribution in [-0.4, -0.2) is 75.9 Å². The third kappa shape index (κ3) is 7.33. The van der Waals surface area contributed by atoms with E-state index in [-0.39, 0.29) is 0 Å². The molecule has 0 aromatic carbocycles. The Hall–Kier alpha value is -2.24. The lowest BCUT2D eigenvalue weighted by Crippen LogP contribution is -2.60. The highest BCUT2D eigenvalue weighted by molar-refractivity contribution is 5.94. The Morgan fingerprint density at radius 3 is 1.73 bits per heavy atom. The van der Waals surface area contributed by atoms with E-state index in [0.29, 0.717) is 0 Å². The van der Waals surface area contributed by atoms with Gasteiger partial charge in [0.2, 0.25) is 17.7 Å². The van der Waals surface area contributed by atoms with Crippen LogP contribution in [0.1, 0.15) is 27.7 Å². The van der Waals surface area contributed by atoms with Crippen LogP contribution in [0, 0.1) is 5.92 Å². The number of aliphatic carboxylic acids is 1. The summed E-state index contributed by atoms with van der Waals surface area (Å²) < 4.78 is 0. The van der Waals surface area contributed by atoms with Gasteiger partial charge in [-0.15, -0.1) is 0 Å². The van der Waals surface area contributed by atoms with Crippen molar-refractivity contribution in [1.82, 2.24) is 16.0 Å². The molecule has 0 bridgehead atoms. The largest absolute Gasteiger partial charge is 0.480 e. The molecule has 26 heavy (non-hydrogen) atoms. The number of rotatable bonds is 10. The van der Waals surface area contributed by atoms with Gasteiger partial charge >= 0.3 is 5.97 Å². The molecule has 5 unspecified atom stereocenters. The first-order valence-corrected chi connectivity index (χ1v) is 8.10. The molecule has 0 fully saturated rings. The van der Waals surface area contributed by atoms with Crippen LogP contribution in [0.5, 0.6) is 0 Å². The highest BCUT2D eigenvalue weighted by Gasteiger charge is 2.33. The second-order valence-corrected chi connectivity index (χ2v) is 6.33. The van der Waals surface area contributed by atoms with E-state index < -0.39 is 66.5 Å². The van der Waals surface area contributed by atoms with Crippen LogP contribution in [-0.2, 0) is 19.2 Å². The fourth-order valence-electron chi connectivity index (χ4n) is 1.91. The summed E-state index contributed by atoms with van der Waals surface area (Å²) in [6, 6.07) is -5.01. The van der Waals surface area contributed by atoms with Crippen LogP contribution in [0.15, 0.2) is 0 Å². The SMILES string of the molecule is CC(N)C(=O)NC(CO)C(=O)NC(C(=O)NC(C(=O)O)C(C)C)C(C)O. The van der Waals surface area contributed by atoms with Crippen molar-refractivity contribution in [2.75, 3.05) is 6.61 Å². The lowest BCUT2D eigenvalue weighted by molar-refractivity contribution is -0.144. The Labute approximate surface area is 151 Å². The molecule has 3 amide bonds. The summed E-state index contributed by atoms with van der Waals surface area (Å²) in [4.78, 5) is 47.2. The van der Waals surface area contributed by atoms with Crippen molar-refractivity contribution in [3.8, 4) is 0 Å². The zero-order valence-corrected chi connectivity index (χ0v) is 15.2. The van der Waals surface area contributed by atoms with Gasteiger partial charge in [0.05, 0.1) is 18.8 Å². The van der Waals surface area contributed by atoms with E-state index in [2.05, 4.69) is 16.0 Å². The topological polar surface area (TPSA) is 191 Å². The number of aliphatic hydroxyl groups is 2. The van der Waals surface area contributed by atoms with Crippen molar-refractivity contribution in [2.45, 2.75) is 58.0 Å². The van der Waals surface area contributed by atoms with Crippen molar-refractivity contribution in [3.63, 3.8) is 0 Å². The second kappa shape index (κ2) is 10.7. The van der Waals surface area contributed by atoms with E-state index in [9.17, 15) is 29.4 Å². The Bertz CT molecular complexity index is 522. The molecule has 0 aliphatic carbocycles. The number of nitrogens with two attached hydrogens (primary N) is 1. The van der Waals surface area contributed by atoms with Crippen molar-refractivity contribution in [2.24, 2.45) is 11.7 Å². The average molecular weight is 376 g/mol. The van der Waals surface area contributed by atoms with Gasteiger partial charge in [-0.05, 0) is 19.8 Å². The molecule has 0 radical (unpaired) electrons. The molecular formula is C15H28N4O7. The minimum absolute atomic E-state index is 0.433. The summed E-state index contributed by atoms with van der Waals surface area (Å²) in [5, 5.41) is 34.7. The molecule has 0 saturated carbocycles. The first-order valence-electron chi connectivity index (χ1n) is 8.10. The van der Waals surface area contributed by atoms with E-state index >= 15 is 0 Å². The minimum Gasteiger partial charge on any atom is -0.480 e. The number of amides is 3. The molecule has 0 heterocycles. The summed E-state index contributed by atoms with van der Waals surface area (Å²) in [5.41, 5.74) is 5.36. The quantitative estimate of drug-likeness (QED) is 0.208. The number of carboxylic acid groups (broad SMARTS) is 1. The zero-order valence-electron chi connectivity index (χ0n) is 15.2. The van der Waals surface area contributed by atoms with Crippen molar-refractivity contribution in [1.29, 1.82) is 0 Å². The predicted octanol–water partition coefficient (Wildman–Crippen LogP) is -3.10. The number of carbonyl (C=O) groups is 4. The highest BCUT2D eigenvalue weighted by Crippen LogP contribution is 2.04. The van der Waals surface area contributed by atoms with Crippen molar-refractivity contribution < 1.29 is 34.5 Å². The first kappa shape index (κ1) is 23.8. The standard InChI is InChI=1S/C15H28N4O7/c1-6(2)10(15(25)26)18-14(24)11(8(4)21)19-13(23)9(5-20)17-12(22)7(3)16/h6-11,20-21H,5,16H2,1-4H3,(H,17,22)(H,18,24)(H,19,23)(H,25,26). The van der Waals surface area contributed by atoms with Gasteiger partial charge in [-0.1, -0.05) is 13.8 Å². The molecule has 0 spiro atoms. The molecule has 8 N–H and O–H groups in total. The Balaban J connectivity index is 5.14. The minimum atomic E-state index is -1.48. The summed E-state index contributed by atoms with van der Waals surface area (Å²) in [7, 11) is 0. The van der Waals surface area contributed by atoms with Crippen LogP contribution in [0.3, 0.4) is 0 Å². The Kier molecular flexibility index (Phi) is 9.76. The van der Waals surface area contributed by atoms with Crippen molar-refractivity contribution >= 4 is 23.7 Å². The lowest BCUT2D eigenvalue weighted by atomic mass is 10.0. The van der Waals surface area contributed by atoms with Gasteiger partial charge in [0.15, 0.2) is 0 Å². The number of hydrogen-bond acceptors (Lipinski definition) is 7. The van der Waals surface area contributed by atoms with Crippen LogP contribution in [0.25, 0.3) is 0 Å².